The smallest absolute Gasteiger partial charge is 0.241 e. The highest BCUT2D eigenvalue weighted by molar-refractivity contribution is 5.54. The standard InChI is InChI=1S/C14H18FN3O/c1-8(2)18-14(13(16)10(4)17-18)19-11-7-5-6-9(3)12(11)15/h5-8H,16H2,1-4H3. The van der Waals surface area contributed by atoms with E-state index in [1.165, 1.54) is 0 Å². The number of hydrogen-bond acceptors (Lipinski definition) is 3. The van der Waals surface area contributed by atoms with Crippen molar-refractivity contribution in [2.45, 2.75) is 33.7 Å². The van der Waals surface area contributed by atoms with Crippen LogP contribution in [0.1, 0.15) is 31.1 Å². The minimum Gasteiger partial charge on any atom is -0.434 e. The maximum atomic E-state index is 14.0. The highest BCUT2D eigenvalue weighted by atomic mass is 19.1. The van der Waals surface area contributed by atoms with Crippen LogP contribution in [0, 0.1) is 19.7 Å². The molecule has 2 rings (SSSR count). The Kier molecular flexibility index (Phi) is 3.46. The van der Waals surface area contributed by atoms with Crippen LogP contribution in [0.4, 0.5) is 10.1 Å². The average molecular weight is 263 g/mol. The zero-order valence-electron chi connectivity index (χ0n) is 11.6. The maximum Gasteiger partial charge on any atom is 0.241 e. The molecule has 1 heterocycles. The molecule has 0 aliphatic carbocycles. The number of hydrogen-bond donors (Lipinski definition) is 1. The lowest BCUT2D eigenvalue weighted by Gasteiger charge is -2.13. The number of nitrogens with zero attached hydrogens (tertiary/aromatic N) is 2. The molecule has 0 amide bonds. The van der Waals surface area contributed by atoms with Crippen molar-refractivity contribution >= 4 is 5.69 Å². The third kappa shape index (κ3) is 2.41. The molecule has 0 atom stereocenters. The Labute approximate surface area is 112 Å². The Morgan fingerprint density at radius 2 is 2.00 bits per heavy atom. The van der Waals surface area contributed by atoms with Crippen molar-refractivity contribution in [2.75, 3.05) is 5.73 Å². The summed E-state index contributed by atoms with van der Waals surface area (Å²) in [5.74, 6) is 0.168. The number of aryl methyl sites for hydroxylation is 2. The number of rotatable bonds is 3. The number of nitrogen functional groups attached to an aromatic ring is 1. The molecule has 0 aliphatic rings. The lowest BCUT2D eigenvalue weighted by molar-refractivity contribution is 0.372. The van der Waals surface area contributed by atoms with Crippen LogP contribution in [-0.4, -0.2) is 9.78 Å². The van der Waals surface area contributed by atoms with Gasteiger partial charge in [0, 0.05) is 0 Å². The van der Waals surface area contributed by atoms with E-state index >= 15 is 0 Å². The van der Waals surface area contributed by atoms with E-state index in [9.17, 15) is 4.39 Å². The minimum atomic E-state index is -0.379. The first-order valence-electron chi connectivity index (χ1n) is 6.19. The quantitative estimate of drug-likeness (QED) is 0.920. The third-order valence-corrected chi connectivity index (χ3v) is 2.94. The summed E-state index contributed by atoms with van der Waals surface area (Å²) >= 11 is 0. The van der Waals surface area contributed by atoms with Crippen LogP contribution in [0.15, 0.2) is 18.2 Å². The molecule has 102 valence electrons. The molecular weight excluding hydrogens is 245 g/mol. The Bertz CT molecular complexity index is 605. The zero-order valence-corrected chi connectivity index (χ0v) is 11.6. The molecule has 1 aromatic carbocycles. The second-order valence-electron chi connectivity index (χ2n) is 4.83. The van der Waals surface area contributed by atoms with Crippen LogP contribution in [-0.2, 0) is 0 Å². The van der Waals surface area contributed by atoms with Gasteiger partial charge in [-0.15, -0.1) is 0 Å². The first-order valence-corrected chi connectivity index (χ1v) is 6.19. The minimum absolute atomic E-state index is 0.0823. The lowest BCUT2D eigenvalue weighted by atomic mass is 10.2. The van der Waals surface area contributed by atoms with Crippen LogP contribution in [0.2, 0.25) is 0 Å². The molecule has 0 bridgehead atoms. The molecule has 1 aromatic heterocycles. The molecule has 2 N–H and O–H groups in total. The number of halogens is 1. The van der Waals surface area contributed by atoms with E-state index in [2.05, 4.69) is 5.10 Å². The molecule has 0 unspecified atom stereocenters. The van der Waals surface area contributed by atoms with Crippen LogP contribution in [0.5, 0.6) is 11.6 Å². The van der Waals surface area contributed by atoms with Gasteiger partial charge in [0.25, 0.3) is 0 Å². The second-order valence-corrected chi connectivity index (χ2v) is 4.83. The maximum absolute atomic E-state index is 14.0. The van der Waals surface area contributed by atoms with Gasteiger partial charge in [-0.1, -0.05) is 12.1 Å². The Hall–Kier alpha value is -2.04. The first-order chi connectivity index (χ1) is 8.91. The van der Waals surface area contributed by atoms with E-state index < -0.39 is 0 Å². The van der Waals surface area contributed by atoms with Crippen LogP contribution >= 0.6 is 0 Å². The molecule has 4 nitrogen and oxygen atoms in total. The fourth-order valence-corrected chi connectivity index (χ4v) is 1.79. The third-order valence-electron chi connectivity index (χ3n) is 2.94. The molecule has 0 saturated carbocycles. The molecular formula is C14H18FN3O. The largest absolute Gasteiger partial charge is 0.434 e. The molecule has 0 spiro atoms. The fourth-order valence-electron chi connectivity index (χ4n) is 1.79. The summed E-state index contributed by atoms with van der Waals surface area (Å²) in [4.78, 5) is 0. The summed E-state index contributed by atoms with van der Waals surface area (Å²) in [7, 11) is 0. The Morgan fingerprint density at radius 1 is 1.32 bits per heavy atom. The monoisotopic (exact) mass is 263 g/mol. The Balaban J connectivity index is 2.46. The highest BCUT2D eigenvalue weighted by Gasteiger charge is 2.18. The molecule has 0 saturated heterocycles. The van der Waals surface area contributed by atoms with Crippen LogP contribution in [0.3, 0.4) is 0 Å². The molecule has 2 aromatic rings. The van der Waals surface area contributed by atoms with Gasteiger partial charge >= 0.3 is 0 Å². The van der Waals surface area contributed by atoms with Crippen LogP contribution < -0.4 is 10.5 Å². The van der Waals surface area contributed by atoms with Gasteiger partial charge in [-0.05, 0) is 39.3 Å². The van der Waals surface area contributed by atoms with Crippen molar-refractivity contribution in [3.63, 3.8) is 0 Å². The van der Waals surface area contributed by atoms with Crippen molar-refractivity contribution in [2.24, 2.45) is 0 Å². The predicted molar refractivity (Wildman–Crippen MR) is 73.0 cm³/mol. The summed E-state index contributed by atoms with van der Waals surface area (Å²) in [5, 5.41) is 4.30. The van der Waals surface area contributed by atoms with Gasteiger partial charge in [-0.3, -0.25) is 0 Å². The predicted octanol–water partition coefficient (Wildman–Crippen LogP) is 3.59. The van der Waals surface area contributed by atoms with Gasteiger partial charge in [0.15, 0.2) is 11.6 Å². The van der Waals surface area contributed by atoms with E-state index in [0.29, 0.717) is 22.8 Å². The number of nitrogens with two attached hydrogens (primary N) is 1. The van der Waals surface area contributed by atoms with Crippen LogP contribution in [0.25, 0.3) is 0 Å². The molecule has 0 fully saturated rings. The normalized spacial score (nSPS) is 11.1. The van der Waals surface area contributed by atoms with Gasteiger partial charge < -0.3 is 10.5 Å². The Morgan fingerprint density at radius 3 is 2.63 bits per heavy atom. The van der Waals surface area contributed by atoms with E-state index in [0.717, 1.165) is 0 Å². The fraction of sp³-hybridized carbons (Fsp3) is 0.357. The van der Waals surface area contributed by atoms with Crippen molar-refractivity contribution in [3.8, 4) is 11.6 Å². The topological polar surface area (TPSA) is 53.1 Å². The highest BCUT2D eigenvalue weighted by Crippen LogP contribution is 2.33. The zero-order chi connectivity index (χ0) is 14.2. The van der Waals surface area contributed by atoms with E-state index in [1.54, 1.807) is 36.7 Å². The van der Waals surface area contributed by atoms with Gasteiger partial charge in [0.05, 0.1) is 11.7 Å². The van der Waals surface area contributed by atoms with Gasteiger partial charge in [0.1, 0.15) is 5.69 Å². The number of aromatic nitrogens is 2. The summed E-state index contributed by atoms with van der Waals surface area (Å²) in [5.41, 5.74) is 7.59. The molecule has 0 aliphatic heterocycles. The summed E-state index contributed by atoms with van der Waals surface area (Å²) < 4.78 is 21.3. The number of anilines is 1. The SMILES string of the molecule is Cc1cccc(Oc2c(N)c(C)nn2C(C)C)c1F. The summed E-state index contributed by atoms with van der Waals surface area (Å²) in [6.45, 7) is 7.42. The number of ether oxygens (including phenoxy) is 1. The van der Waals surface area contributed by atoms with Gasteiger partial charge in [-0.2, -0.15) is 5.10 Å². The van der Waals surface area contributed by atoms with Crippen molar-refractivity contribution in [1.29, 1.82) is 0 Å². The van der Waals surface area contributed by atoms with E-state index in [-0.39, 0.29) is 17.6 Å². The summed E-state index contributed by atoms with van der Waals surface area (Å²) in [6.07, 6.45) is 0. The van der Waals surface area contributed by atoms with Gasteiger partial charge in [0.2, 0.25) is 5.88 Å². The molecule has 5 heteroatoms. The van der Waals surface area contributed by atoms with E-state index in [4.69, 9.17) is 10.5 Å². The first kappa shape index (κ1) is 13.4. The van der Waals surface area contributed by atoms with Crippen molar-refractivity contribution in [1.82, 2.24) is 9.78 Å². The van der Waals surface area contributed by atoms with E-state index in [1.807, 2.05) is 13.8 Å². The average Bonchev–Trinajstić information content (AvgIpc) is 2.63. The van der Waals surface area contributed by atoms with Crippen molar-refractivity contribution in [3.05, 3.63) is 35.3 Å². The lowest BCUT2D eigenvalue weighted by Crippen LogP contribution is -2.06. The second kappa shape index (κ2) is 4.91. The number of benzene rings is 1. The van der Waals surface area contributed by atoms with Crippen molar-refractivity contribution < 1.29 is 9.13 Å². The molecule has 0 radical (unpaired) electrons. The summed E-state index contributed by atoms with van der Waals surface area (Å²) in [6, 6.07) is 5.09. The molecule has 19 heavy (non-hydrogen) atoms. The van der Waals surface area contributed by atoms with Gasteiger partial charge in [-0.25, -0.2) is 9.07 Å².